The topological polar surface area (TPSA) is 58.6 Å². The summed E-state index contributed by atoms with van der Waals surface area (Å²) in [5, 5.41) is 1.91. The number of hydrogen-bond donors (Lipinski definition) is 1. The third-order valence-corrected chi connectivity index (χ3v) is 3.58. The number of halogens is 1. The first-order valence-electron chi connectivity index (χ1n) is 4.83. The second kappa shape index (κ2) is 4.05. The fourth-order valence-electron chi connectivity index (χ4n) is 1.53. The third kappa shape index (κ3) is 1.89. The molecule has 17 heavy (non-hydrogen) atoms. The minimum absolute atomic E-state index is 0.195. The van der Waals surface area contributed by atoms with Gasteiger partial charge in [0.25, 0.3) is 5.56 Å². The SMILES string of the molecule is O=c1[nH]c2cc(Br)cnc2nc1-c1cccs1. The molecule has 0 atom stereocenters. The highest BCUT2D eigenvalue weighted by Crippen LogP contribution is 2.21. The Morgan fingerprint density at radius 2 is 2.29 bits per heavy atom. The van der Waals surface area contributed by atoms with Gasteiger partial charge in [-0.25, -0.2) is 9.97 Å². The van der Waals surface area contributed by atoms with E-state index in [1.165, 1.54) is 11.3 Å². The number of nitrogens with one attached hydrogen (secondary N) is 1. The molecule has 3 aromatic rings. The van der Waals surface area contributed by atoms with Crippen LogP contribution in [0.1, 0.15) is 0 Å². The molecule has 0 aliphatic heterocycles. The number of H-pyrrole nitrogens is 1. The van der Waals surface area contributed by atoms with Crippen LogP contribution in [0.2, 0.25) is 0 Å². The van der Waals surface area contributed by atoms with Crippen molar-refractivity contribution in [2.24, 2.45) is 0 Å². The van der Waals surface area contributed by atoms with Gasteiger partial charge in [-0.05, 0) is 33.4 Å². The highest BCUT2D eigenvalue weighted by Gasteiger charge is 2.08. The van der Waals surface area contributed by atoms with E-state index in [1.54, 1.807) is 12.3 Å². The van der Waals surface area contributed by atoms with E-state index in [-0.39, 0.29) is 5.56 Å². The van der Waals surface area contributed by atoms with Crippen molar-refractivity contribution in [3.05, 3.63) is 44.6 Å². The predicted molar refractivity (Wildman–Crippen MR) is 71.2 cm³/mol. The summed E-state index contributed by atoms with van der Waals surface area (Å²) in [6.45, 7) is 0. The van der Waals surface area contributed by atoms with Crippen LogP contribution in [-0.2, 0) is 0 Å². The summed E-state index contributed by atoms with van der Waals surface area (Å²) in [6.07, 6.45) is 1.66. The molecule has 0 unspecified atom stereocenters. The van der Waals surface area contributed by atoms with E-state index < -0.39 is 0 Å². The van der Waals surface area contributed by atoms with Gasteiger partial charge in [0.2, 0.25) is 0 Å². The van der Waals surface area contributed by atoms with Crippen LogP contribution >= 0.6 is 27.3 Å². The molecule has 3 aromatic heterocycles. The minimum Gasteiger partial charge on any atom is -0.317 e. The molecule has 0 aromatic carbocycles. The van der Waals surface area contributed by atoms with E-state index in [0.717, 1.165) is 9.35 Å². The Morgan fingerprint density at radius 3 is 3.06 bits per heavy atom. The van der Waals surface area contributed by atoms with Crippen molar-refractivity contribution in [3.63, 3.8) is 0 Å². The number of nitrogens with zero attached hydrogens (tertiary/aromatic N) is 2. The fraction of sp³-hybridized carbons (Fsp3) is 0. The predicted octanol–water partition coefficient (Wildman–Crippen LogP) is 2.81. The van der Waals surface area contributed by atoms with Crippen molar-refractivity contribution < 1.29 is 0 Å². The van der Waals surface area contributed by atoms with Crippen LogP contribution in [0.4, 0.5) is 0 Å². The molecule has 0 aliphatic carbocycles. The Labute approximate surface area is 108 Å². The average molecular weight is 308 g/mol. The lowest BCUT2D eigenvalue weighted by Gasteiger charge is -2.00. The molecule has 0 aliphatic rings. The molecule has 3 heterocycles. The molecule has 3 rings (SSSR count). The highest BCUT2D eigenvalue weighted by molar-refractivity contribution is 9.10. The normalized spacial score (nSPS) is 10.9. The smallest absolute Gasteiger partial charge is 0.275 e. The summed E-state index contributed by atoms with van der Waals surface area (Å²) in [7, 11) is 0. The monoisotopic (exact) mass is 307 g/mol. The molecule has 4 nitrogen and oxygen atoms in total. The molecule has 84 valence electrons. The highest BCUT2D eigenvalue weighted by atomic mass is 79.9. The Bertz CT molecular complexity index is 736. The van der Waals surface area contributed by atoms with E-state index >= 15 is 0 Å². The van der Waals surface area contributed by atoms with Crippen LogP contribution in [0, 0.1) is 0 Å². The van der Waals surface area contributed by atoms with Crippen molar-refractivity contribution in [1.82, 2.24) is 15.0 Å². The standard InChI is InChI=1S/C11H6BrN3OS/c12-6-4-7-10(13-5-6)15-9(11(16)14-7)8-2-1-3-17-8/h1-5H,(H,14,16). The molecule has 1 N–H and O–H groups in total. The van der Waals surface area contributed by atoms with E-state index in [9.17, 15) is 4.79 Å². The van der Waals surface area contributed by atoms with Crippen molar-refractivity contribution in [1.29, 1.82) is 0 Å². The van der Waals surface area contributed by atoms with Crippen LogP contribution in [0.25, 0.3) is 21.7 Å². The van der Waals surface area contributed by atoms with Gasteiger partial charge in [0.05, 0.1) is 10.4 Å². The van der Waals surface area contributed by atoms with Crippen LogP contribution in [0.15, 0.2) is 39.0 Å². The summed E-state index contributed by atoms with van der Waals surface area (Å²) in [4.78, 5) is 24.0. The van der Waals surface area contributed by atoms with Crippen LogP contribution in [0.3, 0.4) is 0 Å². The first-order valence-corrected chi connectivity index (χ1v) is 6.51. The van der Waals surface area contributed by atoms with Gasteiger partial charge >= 0.3 is 0 Å². The van der Waals surface area contributed by atoms with Crippen LogP contribution < -0.4 is 5.56 Å². The molecule has 6 heteroatoms. The zero-order valence-electron chi connectivity index (χ0n) is 8.48. The van der Waals surface area contributed by atoms with E-state index in [1.807, 2.05) is 17.5 Å². The maximum Gasteiger partial charge on any atom is 0.275 e. The van der Waals surface area contributed by atoms with Crippen molar-refractivity contribution in [2.75, 3.05) is 0 Å². The van der Waals surface area contributed by atoms with Crippen molar-refractivity contribution in [2.45, 2.75) is 0 Å². The van der Waals surface area contributed by atoms with Gasteiger partial charge in [0.1, 0.15) is 5.69 Å². The average Bonchev–Trinajstić information content (AvgIpc) is 2.81. The lowest BCUT2D eigenvalue weighted by molar-refractivity contribution is 1.18. The van der Waals surface area contributed by atoms with Gasteiger partial charge in [-0.15, -0.1) is 11.3 Å². The second-order valence-electron chi connectivity index (χ2n) is 3.42. The van der Waals surface area contributed by atoms with Gasteiger partial charge in [-0.2, -0.15) is 0 Å². The molecule has 0 fully saturated rings. The zero-order chi connectivity index (χ0) is 11.8. The summed E-state index contributed by atoms with van der Waals surface area (Å²) in [5.41, 5.74) is 1.39. The Kier molecular flexibility index (Phi) is 2.53. The largest absolute Gasteiger partial charge is 0.317 e. The molecule has 0 radical (unpaired) electrons. The molecular weight excluding hydrogens is 302 g/mol. The minimum atomic E-state index is -0.195. The van der Waals surface area contributed by atoms with E-state index in [2.05, 4.69) is 30.9 Å². The quantitative estimate of drug-likeness (QED) is 0.752. The van der Waals surface area contributed by atoms with Gasteiger partial charge in [0, 0.05) is 10.7 Å². The lowest BCUT2D eigenvalue weighted by Crippen LogP contribution is -2.11. The third-order valence-electron chi connectivity index (χ3n) is 2.27. The molecule has 0 amide bonds. The van der Waals surface area contributed by atoms with Crippen LogP contribution in [-0.4, -0.2) is 15.0 Å². The van der Waals surface area contributed by atoms with Crippen molar-refractivity contribution >= 4 is 38.4 Å². The fourth-order valence-corrected chi connectivity index (χ4v) is 2.57. The Balaban J connectivity index is 2.32. The van der Waals surface area contributed by atoms with Gasteiger partial charge in [-0.3, -0.25) is 4.79 Å². The number of aromatic amines is 1. The van der Waals surface area contributed by atoms with Gasteiger partial charge in [0.15, 0.2) is 5.65 Å². The summed E-state index contributed by atoms with van der Waals surface area (Å²) in [6, 6.07) is 5.54. The van der Waals surface area contributed by atoms with Crippen LogP contribution in [0.5, 0.6) is 0 Å². The maximum atomic E-state index is 11.9. The summed E-state index contributed by atoms with van der Waals surface area (Å²) < 4.78 is 0.811. The number of hydrogen-bond acceptors (Lipinski definition) is 4. The summed E-state index contributed by atoms with van der Waals surface area (Å²) in [5.74, 6) is 0. The number of rotatable bonds is 1. The van der Waals surface area contributed by atoms with E-state index in [4.69, 9.17) is 0 Å². The van der Waals surface area contributed by atoms with Gasteiger partial charge in [-0.1, -0.05) is 6.07 Å². The Morgan fingerprint density at radius 1 is 1.41 bits per heavy atom. The molecule has 0 spiro atoms. The Hall–Kier alpha value is -1.53. The lowest BCUT2D eigenvalue weighted by atomic mass is 10.3. The number of fused-ring (bicyclic) bond motifs is 1. The molecule has 0 bridgehead atoms. The number of aromatic nitrogens is 3. The first kappa shape index (κ1) is 10.6. The molecule has 0 saturated carbocycles. The first-order chi connectivity index (χ1) is 8.24. The maximum absolute atomic E-state index is 11.9. The van der Waals surface area contributed by atoms with Crippen molar-refractivity contribution in [3.8, 4) is 10.6 Å². The summed E-state index contributed by atoms with van der Waals surface area (Å²) >= 11 is 4.79. The molecule has 0 saturated heterocycles. The van der Waals surface area contributed by atoms with Gasteiger partial charge < -0.3 is 4.98 Å². The molecular formula is C11H6BrN3OS. The number of pyridine rings is 1. The van der Waals surface area contributed by atoms with E-state index in [0.29, 0.717) is 16.9 Å². The zero-order valence-corrected chi connectivity index (χ0v) is 10.9. The number of thiophene rings is 1. The second-order valence-corrected chi connectivity index (χ2v) is 5.28.